The van der Waals surface area contributed by atoms with Gasteiger partial charge in [-0.1, -0.05) is 12.1 Å². The van der Waals surface area contributed by atoms with Gasteiger partial charge in [-0.3, -0.25) is 19.1 Å². The summed E-state index contributed by atoms with van der Waals surface area (Å²) in [6.45, 7) is 2.19. The number of halogens is 1. The summed E-state index contributed by atoms with van der Waals surface area (Å²) in [4.78, 5) is 33.2. The summed E-state index contributed by atoms with van der Waals surface area (Å²) in [5, 5.41) is 5.22. The Balaban J connectivity index is 1.34. The highest BCUT2D eigenvalue weighted by atomic mass is 32.1. The average Bonchev–Trinajstić information content (AvgIpc) is 3.59. The molecule has 4 aromatic rings. The van der Waals surface area contributed by atoms with Crippen molar-refractivity contribution in [2.75, 3.05) is 19.6 Å². The Morgan fingerprint density at radius 3 is 2.73 bits per heavy atom. The van der Waals surface area contributed by atoms with Gasteiger partial charge < -0.3 is 9.73 Å². The first-order valence-corrected chi connectivity index (χ1v) is 11.7. The predicted molar refractivity (Wildman–Crippen MR) is 125 cm³/mol. The number of nitrogens with zero attached hydrogens (tertiary/aromatic N) is 3. The van der Waals surface area contributed by atoms with Gasteiger partial charge in [-0.15, -0.1) is 11.3 Å². The lowest BCUT2D eigenvalue weighted by Gasteiger charge is -2.26. The van der Waals surface area contributed by atoms with Crippen LogP contribution in [0.3, 0.4) is 0 Å². The van der Waals surface area contributed by atoms with Crippen LogP contribution in [0.2, 0.25) is 0 Å². The smallest absolute Gasteiger partial charge is 0.263 e. The third-order valence-corrected chi connectivity index (χ3v) is 6.86. The third kappa shape index (κ3) is 4.46. The lowest BCUT2D eigenvalue weighted by atomic mass is 10.1. The molecule has 9 heteroatoms. The van der Waals surface area contributed by atoms with Crippen LogP contribution < -0.4 is 10.9 Å². The number of hydrogen-bond acceptors (Lipinski definition) is 6. The van der Waals surface area contributed by atoms with Gasteiger partial charge in [0.15, 0.2) is 0 Å². The SMILES string of the molecule is O=C(Cn1cnc2scc(-c3ccc(F)cc3)c2c1=O)NCC(c1ccco1)N1CCCC1. The first kappa shape index (κ1) is 21.5. The number of furan rings is 1. The van der Waals surface area contributed by atoms with Crippen LogP contribution in [-0.4, -0.2) is 40.0 Å². The van der Waals surface area contributed by atoms with Crippen LogP contribution in [0.5, 0.6) is 0 Å². The summed E-state index contributed by atoms with van der Waals surface area (Å²) in [6, 6.07) is 9.71. The zero-order valence-corrected chi connectivity index (χ0v) is 18.7. The molecule has 3 aromatic heterocycles. The molecule has 0 radical (unpaired) electrons. The number of fused-ring (bicyclic) bond motifs is 1. The van der Waals surface area contributed by atoms with Gasteiger partial charge in [0.1, 0.15) is 23.0 Å². The van der Waals surface area contributed by atoms with Crippen molar-refractivity contribution in [3.63, 3.8) is 0 Å². The number of rotatable bonds is 7. The van der Waals surface area contributed by atoms with Crippen LogP contribution in [0, 0.1) is 5.82 Å². The number of nitrogens with one attached hydrogen (secondary N) is 1. The minimum atomic E-state index is -0.340. The fourth-order valence-electron chi connectivity index (χ4n) is 4.29. The van der Waals surface area contributed by atoms with Crippen molar-refractivity contribution in [2.45, 2.75) is 25.4 Å². The second-order valence-electron chi connectivity index (χ2n) is 8.09. The number of benzene rings is 1. The number of hydrogen-bond donors (Lipinski definition) is 1. The molecule has 1 aliphatic rings. The number of carbonyl (C=O) groups is 1. The van der Waals surface area contributed by atoms with E-state index in [4.69, 9.17) is 4.42 Å². The maximum absolute atomic E-state index is 13.3. The number of amides is 1. The van der Waals surface area contributed by atoms with Gasteiger partial charge in [-0.25, -0.2) is 9.37 Å². The summed E-state index contributed by atoms with van der Waals surface area (Å²) in [6.07, 6.45) is 5.30. The summed E-state index contributed by atoms with van der Waals surface area (Å²) in [7, 11) is 0. The third-order valence-electron chi connectivity index (χ3n) is 5.98. The first-order chi connectivity index (χ1) is 16.1. The topological polar surface area (TPSA) is 80.4 Å². The van der Waals surface area contributed by atoms with Crippen molar-refractivity contribution < 1.29 is 13.6 Å². The number of aromatic nitrogens is 2. The molecular formula is C24H23FN4O3S. The quantitative estimate of drug-likeness (QED) is 0.448. The van der Waals surface area contributed by atoms with Crippen LogP contribution in [0.25, 0.3) is 21.3 Å². The molecule has 33 heavy (non-hydrogen) atoms. The lowest BCUT2D eigenvalue weighted by molar-refractivity contribution is -0.122. The second kappa shape index (κ2) is 9.29. The van der Waals surface area contributed by atoms with Crippen LogP contribution in [-0.2, 0) is 11.3 Å². The molecule has 5 rings (SSSR count). The molecule has 0 spiro atoms. The Morgan fingerprint density at radius 1 is 1.21 bits per heavy atom. The first-order valence-electron chi connectivity index (χ1n) is 10.9. The highest BCUT2D eigenvalue weighted by Crippen LogP contribution is 2.30. The Bertz CT molecular complexity index is 1310. The summed E-state index contributed by atoms with van der Waals surface area (Å²) in [5.74, 6) is 0.208. The van der Waals surface area contributed by atoms with E-state index in [1.165, 1.54) is 34.4 Å². The van der Waals surface area contributed by atoms with Crippen molar-refractivity contribution in [3.8, 4) is 11.1 Å². The van der Waals surface area contributed by atoms with E-state index in [0.29, 0.717) is 22.3 Å². The molecule has 0 saturated carbocycles. The minimum Gasteiger partial charge on any atom is -0.468 e. The monoisotopic (exact) mass is 466 g/mol. The standard InChI is InChI=1S/C24H23FN4O3S/c25-17-7-5-16(6-8-17)18-14-33-23-22(18)24(31)29(15-27-23)13-21(30)26-12-19(20-4-3-11-32-20)28-9-1-2-10-28/h3-8,11,14-15,19H,1-2,9-10,12-13H2,(H,26,30). The highest BCUT2D eigenvalue weighted by molar-refractivity contribution is 7.17. The summed E-state index contributed by atoms with van der Waals surface area (Å²) < 4.78 is 20.2. The molecule has 0 aliphatic carbocycles. The zero-order valence-electron chi connectivity index (χ0n) is 17.9. The minimum absolute atomic E-state index is 0.0364. The average molecular weight is 467 g/mol. The van der Waals surface area contributed by atoms with Crippen LogP contribution in [0.4, 0.5) is 4.39 Å². The molecule has 1 saturated heterocycles. The van der Waals surface area contributed by atoms with Crippen LogP contribution >= 0.6 is 11.3 Å². The fourth-order valence-corrected chi connectivity index (χ4v) is 5.19. The molecule has 1 aromatic carbocycles. The predicted octanol–water partition coefficient (Wildman–Crippen LogP) is 3.81. The molecule has 0 bridgehead atoms. The molecular weight excluding hydrogens is 443 g/mol. The number of carbonyl (C=O) groups excluding carboxylic acids is 1. The molecule has 170 valence electrons. The molecule has 1 unspecified atom stereocenters. The molecule has 1 amide bonds. The Kier molecular flexibility index (Phi) is 6.06. The summed E-state index contributed by atoms with van der Waals surface area (Å²) in [5.41, 5.74) is 1.13. The molecule has 1 aliphatic heterocycles. The Hall–Kier alpha value is -3.30. The maximum Gasteiger partial charge on any atom is 0.263 e. The van der Waals surface area contributed by atoms with E-state index in [1.807, 2.05) is 17.5 Å². The van der Waals surface area contributed by atoms with E-state index in [2.05, 4.69) is 15.2 Å². The number of likely N-dealkylation sites (tertiary alicyclic amines) is 1. The van der Waals surface area contributed by atoms with Gasteiger partial charge in [-0.05, 0) is 55.8 Å². The van der Waals surface area contributed by atoms with E-state index in [0.717, 1.165) is 37.3 Å². The van der Waals surface area contributed by atoms with E-state index < -0.39 is 0 Å². The Labute approximate surface area is 193 Å². The van der Waals surface area contributed by atoms with Crippen molar-refractivity contribution >= 4 is 27.5 Å². The number of thiophene rings is 1. The zero-order chi connectivity index (χ0) is 22.8. The van der Waals surface area contributed by atoms with Crippen LogP contribution in [0.1, 0.15) is 24.6 Å². The van der Waals surface area contributed by atoms with E-state index in [9.17, 15) is 14.0 Å². The van der Waals surface area contributed by atoms with E-state index in [1.54, 1.807) is 18.4 Å². The molecule has 1 atom stereocenters. The van der Waals surface area contributed by atoms with Gasteiger partial charge in [0.2, 0.25) is 5.91 Å². The van der Waals surface area contributed by atoms with Crippen molar-refractivity contribution in [1.29, 1.82) is 0 Å². The Morgan fingerprint density at radius 2 is 2.00 bits per heavy atom. The highest BCUT2D eigenvalue weighted by Gasteiger charge is 2.26. The van der Waals surface area contributed by atoms with Gasteiger partial charge in [0.25, 0.3) is 5.56 Å². The van der Waals surface area contributed by atoms with Crippen molar-refractivity contribution in [3.05, 3.63) is 76.3 Å². The molecule has 4 heterocycles. The largest absolute Gasteiger partial charge is 0.468 e. The van der Waals surface area contributed by atoms with E-state index in [-0.39, 0.29) is 29.9 Å². The molecule has 1 fully saturated rings. The maximum atomic E-state index is 13.3. The van der Waals surface area contributed by atoms with Gasteiger partial charge >= 0.3 is 0 Å². The van der Waals surface area contributed by atoms with Crippen LogP contribution in [0.15, 0.2) is 63.6 Å². The second-order valence-corrected chi connectivity index (χ2v) is 8.95. The van der Waals surface area contributed by atoms with Gasteiger partial charge in [-0.2, -0.15) is 0 Å². The molecule has 7 nitrogen and oxygen atoms in total. The van der Waals surface area contributed by atoms with E-state index >= 15 is 0 Å². The lowest BCUT2D eigenvalue weighted by Crippen LogP contribution is -2.39. The van der Waals surface area contributed by atoms with Crippen molar-refractivity contribution in [2.24, 2.45) is 0 Å². The fraction of sp³-hybridized carbons (Fsp3) is 0.292. The van der Waals surface area contributed by atoms with Gasteiger partial charge in [0, 0.05) is 17.5 Å². The van der Waals surface area contributed by atoms with Gasteiger partial charge in [0.05, 0.1) is 24.0 Å². The normalized spacial score (nSPS) is 15.2. The summed E-state index contributed by atoms with van der Waals surface area (Å²) >= 11 is 1.35. The molecule has 1 N–H and O–H groups in total. The van der Waals surface area contributed by atoms with Crippen molar-refractivity contribution in [1.82, 2.24) is 19.8 Å².